The molecule has 0 aliphatic carbocycles. The van der Waals surface area contributed by atoms with Crippen molar-refractivity contribution in [3.8, 4) is 0 Å². The van der Waals surface area contributed by atoms with Crippen LogP contribution in [0, 0.1) is 0 Å². The summed E-state index contributed by atoms with van der Waals surface area (Å²) in [6, 6.07) is 1.60. The third-order valence-corrected chi connectivity index (χ3v) is 3.67. The Morgan fingerprint density at radius 1 is 1.35 bits per heavy atom. The highest BCUT2D eigenvalue weighted by atomic mass is 16.1. The van der Waals surface area contributed by atoms with E-state index in [1.54, 1.807) is 6.07 Å². The Hall–Kier alpha value is -1.40. The number of nitrogens with two attached hydrogens (primary N) is 1. The van der Waals surface area contributed by atoms with E-state index >= 15 is 0 Å². The summed E-state index contributed by atoms with van der Waals surface area (Å²) in [5.41, 5.74) is 5.47. The van der Waals surface area contributed by atoms with Gasteiger partial charge in [-0.05, 0) is 19.5 Å². The van der Waals surface area contributed by atoms with Crippen molar-refractivity contribution in [1.82, 2.24) is 14.9 Å². The molecule has 1 aliphatic rings. The third-order valence-electron chi connectivity index (χ3n) is 3.67. The number of piperazine rings is 1. The van der Waals surface area contributed by atoms with Crippen molar-refractivity contribution < 1.29 is 0 Å². The first kappa shape index (κ1) is 15.0. The van der Waals surface area contributed by atoms with Gasteiger partial charge in [0, 0.05) is 38.2 Å². The van der Waals surface area contributed by atoms with Gasteiger partial charge in [0.1, 0.15) is 11.6 Å². The molecule has 0 radical (unpaired) electrons. The van der Waals surface area contributed by atoms with E-state index in [9.17, 15) is 4.79 Å². The van der Waals surface area contributed by atoms with E-state index in [4.69, 9.17) is 5.73 Å². The van der Waals surface area contributed by atoms with Crippen molar-refractivity contribution in [2.24, 2.45) is 5.73 Å². The number of H-pyrrole nitrogens is 1. The minimum atomic E-state index is -0.0655. The Kier molecular flexibility index (Phi) is 5.14. The van der Waals surface area contributed by atoms with Gasteiger partial charge in [-0.3, -0.25) is 9.69 Å². The maximum atomic E-state index is 11.7. The van der Waals surface area contributed by atoms with Crippen LogP contribution in [0.15, 0.2) is 10.9 Å². The van der Waals surface area contributed by atoms with Crippen LogP contribution in [0.2, 0.25) is 0 Å². The lowest BCUT2D eigenvalue weighted by Crippen LogP contribution is -2.47. The molecule has 2 heterocycles. The molecule has 6 heteroatoms. The summed E-state index contributed by atoms with van der Waals surface area (Å²) in [4.78, 5) is 23.7. The predicted molar refractivity (Wildman–Crippen MR) is 81.3 cm³/mol. The zero-order valence-corrected chi connectivity index (χ0v) is 12.4. The van der Waals surface area contributed by atoms with Crippen molar-refractivity contribution in [2.45, 2.75) is 26.2 Å². The molecule has 0 bridgehead atoms. The molecule has 1 fully saturated rings. The molecule has 0 amide bonds. The first-order chi connectivity index (χ1) is 9.60. The van der Waals surface area contributed by atoms with E-state index in [-0.39, 0.29) is 11.5 Å². The monoisotopic (exact) mass is 279 g/mol. The van der Waals surface area contributed by atoms with Gasteiger partial charge in [-0.15, -0.1) is 0 Å². The zero-order chi connectivity index (χ0) is 14.5. The number of aromatic amines is 1. The standard InChI is InChI=1S/C14H25N5O/c1-11(2)14-16-12(10-13(20)17-14)19-8-6-18(7-9-19)5-3-4-15/h10-11H,3-9,15H2,1-2H3,(H,16,17,20). The highest BCUT2D eigenvalue weighted by Gasteiger charge is 2.18. The Labute approximate surface area is 120 Å². The minimum Gasteiger partial charge on any atom is -0.354 e. The minimum absolute atomic E-state index is 0.0655. The summed E-state index contributed by atoms with van der Waals surface area (Å²) in [5, 5.41) is 0. The summed E-state index contributed by atoms with van der Waals surface area (Å²) in [6.45, 7) is 9.71. The zero-order valence-electron chi connectivity index (χ0n) is 12.4. The predicted octanol–water partition coefficient (Wildman–Crippen LogP) is 0.364. The number of nitrogens with one attached hydrogen (secondary N) is 1. The van der Waals surface area contributed by atoms with Crippen molar-refractivity contribution in [1.29, 1.82) is 0 Å². The van der Waals surface area contributed by atoms with Gasteiger partial charge in [0.2, 0.25) is 0 Å². The molecular weight excluding hydrogens is 254 g/mol. The Balaban J connectivity index is 2.01. The molecule has 2 rings (SSSR count). The topological polar surface area (TPSA) is 78.2 Å². The average molecular weight is 279 g/mol. The third kappa shape index (κ3) is 3.80. The highest BCUT2D eigenvalue weighted by Crippen LogP contribution is 2.15. The SMILES string of the molecule is CC(C)c1nc(N2CCN(CCCN)CC2)cc(=O)[nH]1. The summed E-state index contributed by atoms with van der Waals surface area (Å²) < 4.78 is 0. The molecule has 1 saturated heterocycles. The van der Waals surface area contributed by atoms with Crippen molar-refractivity contribution in [3.63, 3.8) is 0 Å². The lowest BCUT2D eigenvalue weighted by atomic mass is 10.2. The lowest BCUT2D eigenvalue weighted by Gasteiger charge is -2.35. The molecule has 0 aromatic carbocycles. The molecule has 0 spiro atoms. The van der Waals surface area contributed by atoms with Gasteiger partial charge in [0.05, 0.1) is 0 Å². The molecule has 6 nitrogen and oxygen atoms in total. The van der Waals surface area contributed by atoms with Gasteiger partial charge in [-0.25, -0.2) is 4.98 Å². The van der Waals surface area contributed by atoms with Crippen LogP contribution < -0.4 is 16.2 Å². The first-order valence-corrected chi connectivity index (χ1v) is 7.39. The maximum absolute atomic E-state index is 11.7. The molecule has 112 valence electrons. The molecule has 20 heavy (non-hydrogen) atoms. The van der Waals surface area contributed by atoms with Gasteiger partial charge < -0.3 is 15.6 Å². The Morgan fingerprint density at radius 3 is 2.65 bits per heavy atom. The van der Waals surface area contributed by atoms with Crippen molar-refractivity contribution in [2.75, 3.05) is 44.2 Å². The molecule has 1 aliphatic heterocycles. The van der Waals surface area contributed by atoms with E-state index < -0.39 is 0 Å². The number of nitrogens with zero attached hydrogens (tertiary/aromatic N) is 3. The van der Waals surface area contributed by atoms with Crippen LogP contribution in [-0.2, 0) is 0 Å². The van der Waals surface area contributed by atoms with Crippen LogP contribution in [0.25, 0.3) is 0 Å². The molecular formula is C14H25N5O. The largest absolute Gasteiger partial charge is 0.354 e. The fraction of sp³-hybridized carbons (Fsp3) is 0.714. The van der Waals surface area contributed by atoms with Gasteiger partial charge in [0.15, 0.2) is 0 Å². The maximum Gasteiger partial charge on any atom is 0.252 e. The molecule has 1 aromatic rings. The van der Waals surface area contributed by atoms with Gasteiger partial charge in [-0.1, -0.05) is 13.8 Å². The number of anilines is 1. The second kappa shape index (κ2) is 6.85. The van der Waals surface area contributed by atoms with E-state index in [0.717, 1.165) is 57.3 Å². The van der Waals surface area contributed by atoms with E-state index in [0.29, 0.717) is 0 Å². The number of aromatic nitrogens is 2. The second-order valence-electron chi connectivity index (χ2n) is 5.61. The quantitative estimate of drug-likeness (QED) is 0.814. The van der Waals surface area contributed by atoms with Crippen molar-refractivity contribution in [3.05, 3.63) is 22.2 Å². The fourth-order valence-electron chi connectivity index (χ4n) is 2.41. The molecule has 0 unspecified atom stereocenters. The van der Waals surface area contributed by atoms with Crippen LogP contribution in [0.4, 0.5) is 5.82 Å². The van der Waals surface area contributed by atoms with Crippen LogP contribution >= 0.6 is 0 Å². The van der Waals surface area contributed by atoms with Gasteiger partial charge >= 0.3 is 0 Å². The Morgan fingerprint density at radius 2 is 2.05 bits per heavy atom. The van der Waals surface area contributed by atoms with Gasteiger partial charge in [-0.2, -0.15) is 0 Å². The normalized spacial score (nSPS) is 16.9. The number of hydrogen-bond acceptors (Lipinski definition) is 5. The fourth-order valence-corrected chi connectivity index (χ4v) is 2.41. The summed E-state index contributed by atoms with van der Waals surface area (Å²) in [6.07, 6.45) is 1.04. The first-order valence-electron chi connectivity index (χ1n) is 7.39. The van der Waals surface area contributed by atoms with Crippen molar-refractivity contribution >= 4 is 5.82 Å². The van der Waals surface area contributed by atoms with Crippen LogP contribution in [0.1, 0.15) is 32.0 Å². The molecule has 3 N–H and O–H groups in total. The number of rotatable bonds is 5. The van der Waals surface area contributed by atoms with Crippen LogP contribution in [-0.4, -0.2) is 54.1 Å². The summed E-state index contributed by atoms with van der Waals surface area (Å²) in [7, 11) is 0. The summed E-state index contributed by atoms with van der Waals surface area (Å²) >= 11 is 0. The van der Waals surface area contributed by atoms with E-state index in [1.165, 1.54) is 0 Å². The second-order valence-corrected chi connectivity index (χ2v) is 5.61. The Bertz CT molecular complexity index is 477. The molecule has 1 aromatic heterocycles. The smallest absolute Gasteiger partial charge is 0.252 e. The lowest BCUT2D eigenvalue weighted by molar-refractivity contribution is 0.256. The van der Waals surface area contributed by atoms with Crippen LogP contribution in [0.5, 0.6) is 0 Å². The van der Waals surface area contributed by atoms with E-state index in [2.05, 4.69) is 19.8 Å². The summed E-state index contributed by atoms with van der Waals surface area (Å²) in [5.74, 6) is 1.79. The van der Waals surface area contributed by atoms with E-state index in [1.807, 2.05) is 13.8 Å². The average Bonchev–Trinajstić information content (AvgIpc) is 2.45. The molecule has 0 saturated carbocycles. The highest BCUT2D eigenvalue weighted by molar-refractivity contribution is 5.38. The van der Waals surface area contributed by atoms with Gasteiger partial charge in [0.25, 0.3) is 5.56 Å². The van der Waals surface area contributed by atoms with Crippen LogP contribution in [0.3, 0.4) is 0 Å². The molecule has 0 atom stereocenters. The number of hydrogen-bond donors (Lipinski definition) is 2.